The number of furan rings is 1. The van der Waals surface area contributed by atoms with Crippen molar-refractivity contribution in [2.45, 2.75) is 0 Å². The van der Waals surface area contributed by atoms with Crippen LogP contribution in [-0.4, -0.2) is 10.0 Å². The number of phenols is 1. The fourth-order valence-corrected chi connectivity index (χ4v) is 2.00. The minimum absolute atomic E-state index is 0.0932. The second-order valence-corrected chi connectivity index (χ2v) is 4.84. The molecule has 126 valence electrons. The zero-order valence-electron chi connectivity index (χ0n) is 13.0. The van der Waals surface area contributed by atoms with Gasteiger partial charge in [-0.25, -0.2) is 0 Å². The van der Waals surface area contributed by atoms with E-state index in [0.29, 0.717) is 0 Å². The smallest absolute Gasteiger partial charge is 0.270 e. The zero-order valence-corrected chi connectivity index (χ0v) is 13.0. The number of hydrogen-bond acceptors (Lipinski definition) is 8. The summed E-state index contributed by atoms with van der Waals surface area (Å²) in [5.74, 6) is 0.0374. The third-order valence-corrected chi connectivity index (χ3v) is 3.27. The van der Waals surface area contributed by atoms with Crippen LogP contribution < -0.4 is 5.73 Å². The first-order valence-electron chi connectivity index (χ1n) is 6.91. The van der Waals surface area contributed by atoms with Gasteiger partial charge in [-0.15, -0.1) is 0 Å². The predicted octanol–water partition coefficient (Wildman–Crippen LogP) is 2.73. The van der Waals surface area contributed by atoms with Gasteiger partial charge in [-0.05, 0) is 18.2 Å². The summed E-state index contributed by atoms with van der Waals surface area (Å²) in [6.07, 6.45) is 1.21. The molecule has 1 heterocycles. The van der Waals surface area contributed by atoms with Crippen LogP contribution in [0.5, 0.6) is 5.75 Å². The number of nitrogens with zero attached hydrogens (tertiary/aromatic N) is 4. The highest BCUT2D eigenvalue weighted by molar-refractivity contribution is 5.71. The molecule has 1 aromatic heterocycles. The lowest BCUT2D eigenvalue weighted by Crippen LogP contribution is -2.03. The Kier molecular flexibility index (Phi) is 5.03. The standard InChI is InChI=1S/C17H9N5O4/c18-7-10(17(21)11(8-19)9-20)5-13-2-4-16(26-13)14-6-12(22(24)25)1-3-15(14)23/h1-6,23H,21H2/b10-5+. The molecular formula is C17H9N5O4. The second kappa shape index (κ2) is 7.35. The maximum atomic E-state index is 10.9. The van der Waals surface area contributed by atoms with Crippen LogP contribution in [0.4, 0.5) is 5.69 Å². The molecule has 0 saturated heterocycles. The molecule has 9 heteroatoms. The van der Waals surface area contributed by atoms with Crippen LogP contribution in [0.25, 0.3) is 17.4 Å². The number of benzene rings is 1. The van der Waals surface area contributed by atoms with Crippen LogP contribution in [0.15, 0.2) is 51.6 Å². The number of hydrogen-bond donors (Lipinski definition) is 2. The molecule has 9 nitrogen and oxygen atoms in total. The van der Waals surface area contributed by atoms with Gasteiger partial charge in [0.1, 0.15) is 35.5 Å². The highest BCUT2D eigenvalue weighted by atomic mass is 16.6. The number of allylic oxidation sites excluding steroid dienone is 2. The van der Waals surface area contributed by atoms with Gasteiger partial charge in [-0.2, -0.15) is 15.8 Å². The van der Waals surface area contributed by atoms with Gasteiger partial charge in [-0.1, -0.05) is 0 Å². The van der Waals surface area contributed by atoms with Crippen molar-refractivity contribution in [3.05, 3.63) is 63.0 Å². The molecule has 0 unspecified atom stereocenters. The van der Waals surface area contributed by atoms with Crippen molar-refractivity contribution < 1.29 is 14.4 Å². The van der Waals surface area contributed by atoms with Crippen molar-refractivity contribution in [2.75, 3.05) is 0 Å². The monoisotopic (exact) mass is 347 g/mol. The summed E-state index contributed by atoms with van der Waals surface area (Å²) in [6, 6.07) is 11.3. The first kappa shape index (κ1) is 17.8. The first-order chi connectivity index (χ1) is 12.4. The number of non-ortho nitro benzene ring substituents is 1. The maximum Gasteiger partial charge on any atom is 0.270 e. The average molecular weight is 347 g/mol. The second-order valence-electron chi connectivity index (χ2n) is 4.84. The molecule has 0 radical (unpaired) electrons. The number of rotatable bonds is 4. The minimum atomic E-state index is -0.614. The third-order valence-electron chi connectivity index (χ3n) is 3.27. The molecule has 2 aromatic rings. The Hall–Kier alpha value is -4.55. The van der Waals surface area contributed by atoms with Crippen molar-refractivity contribution in [2.24, 2.45) is 5.73 Å². The lowest BCUT2D eigenvalue weighted by atomic mass is 10.1. The van der Waals surface area contributed by atoms with Gasteiger partial charge < -0.3 is 15.3 Å². The molecule has 26 heavy (non-hydrogen) atoms. The van der Waals surface area contributed by atoms with E-state index in [4.69, 9.17) is 25.9 Å². The summed E-state index contributed by atoms with van der Waals surface area (Å²) in [5, 5.41) is 47.5. The molecule has 3 N–H and O–H groups in total. The summed E-state index contributed by atoms with van der Waals surface area (Å²) < 4.78 is 5.46. The average Bonchev–Trinajstić information content (AvgIpc) is 3.09. The highest BCUT2D eigenvalue weighted by Crippen LogP contribution is 2.34. The van der Waals surface area contributed by atoms with Crippen LogP contribution in [0.3, 0.4) is 0 Å². The van der Waals surface area contributed by atoms with E-state index in [-0.39, 0.29) is 39.8 Å². The molecule has 0 atom stereocenters. The normalized spacial score (nSPS) is 10.3. The molecule has 1 aromatic carbocycles. The van der Waals surface area contributed by atoms with Crippen LogP contribution in [0.1, 0.15) is 5.76 Å². The van der Waals surface area contributed by atoms with Gasteiger partial charge in [0.2, 0.25) is 0 Å². The van der Waals surface area contributed by atoms with Crippen LogP contribution >= 0.6 is 0 Å². The summed E-state index contributed by atoms with van der Waals surface area (Å²) in [4.78, 5) is 10.2. The lowest BCUT2D eigenvalue weighted by molar-refractivity contribution is -0.384. The van der Waals surface area contributed by atoms with Crippen molar-refractivity contribution in [1.82, 2.24) is 0 Å². The molecule has 0 spiro atoms. The molecular weight excluding hydrogens is 338 g/mol. The van der Waals surface area contributed by atoms with Gasteiger partial charge in [0, 0.05) is 18.2 Å². The molecule has 0 aliphatic rings. The number of aromatic hydroxyl groups is 1. The van der Waals surface area contributed by atoms with E-state index in [1.807, 2.05) is 0 Å². The lowest BCUT2D eigenvalue weighted by Gasteiger charge is -2.01. The summed E-state index contributed by atoms with van der Waals surface area (Å²) in [7, 11) is 0. The molecule has 0 saturated carbocycles. The zero-order chi connectivity index (χ0) is 19.3. The maximum absolute atomic E-state index is 10.9. The van der Waals surface area contributed by atoms with E-state index in [1.165, 1.54) is 24.3 Å². The SMILES string of the molecule is N#CC(C#N)=C(N)/C(C#N)=C/c1ccc(-c2cc([N+](=O)[O-])ccc2O)o1. The van der Waals surface area contributed by atoms with E-state index < -0.39 is 10.5 Å². The highest BCUT2D eigenvalue weighted by Gasteiger charge is 2.15. The summed E-state index contributed by atoms with van der Waals surface area (Å²) >= 11 is 0. The van der Waals surface area contributed by atoms with E-state index in [1.54, 1.807) is 18.2 Å². The largest absolute Gasteiger partial charge is 0.507 e. The van der Waals surface area contributed by atoms with E-state index in [9.17, 15) is 15.2 Å². The minimum Gasteiger partial charge on any atom is -0.507 e. The van der Waals surface area contributed by atoms with Crippen molar-refractivity contribution in [3.8, 4) is 35.3 Å². The van der Waals surface area contributed by atoms with Crippen LogP contribution in [0.2, 0.25) is 0 Å². The van der Waals surface area contributed by atoms with Gasteiger partial charge in [0.25, 0.3) is 5.69 Å². The molecule has 0 bridgehead atoms. The van der Waals surface area contributed by atoms with Crippen LogP contribution in [-0.2, 0) is 0 Å². The molecule has 0 amide bonds. The first-order valence-corrected chi connectivity index (χ1v) is 6.91. The van der Waals surface area contributed by atoms with Gasteiger partial charge in [-0.3, -0.25) is 10.1 Å². The molecule has 2 rings (SSSR count). The molecule has 0 fully saturated rings. The summed E-state index contributed by atoms with van der Waals surface area (Å²) in [6.45, 7) is 0. The third kappa shape index (κ3) is 3.51. The fourth-order valence-electron chi connectivity index (χ4n) is 2.00. The topological polar surface area (TPSA) is 174 Å². The Balaban J connectivity index is 2.49. The van der Waals surface area contributed by atoms with E-state index in [0.717, 1.165) is 12.1 Å². The van der Waals surface area contributed by atoms with Crippen molar-refractivity contribution >= 4 is 11.8 Å². The summed E-state index contributed by atoms with van der Waals surface area (Å²) in [5.41, 5.74) is 4.61. The Morgan fingerprint density at radius 1 is 1.19 bits per heavy atom. The Labute approximate surface area is 146 Å². The van der Waals surface area contributed by atoms with Gasteiger partial charge >= 0.3 is 0 Å². The van der Waals surface area contributed by atoms with Crippen molar-refractivity contribution in [3.63, 3.8) is 0 Å². The van der Waals surface area contributed by atoms with Crippen LogP contribution in [0, 0.1) is 44.1 Å². The number of nitrogens with two attached hydrogens (primary N) is 1. The number of nitriles is 3. The predicted molar refractivity (Wildman–Crippen MR) is 88.5 cm³/mol. The van der Waals surface area contributed by atoms with E-state index >= 15 is 0 Å². The van der Waals surface area contributed by atoms with Gasteiger partial charge in [0.05, 0.1) is 21.8 Å². The van der Waals surface area contributed by atoms with Gasteiger partial charge in [0.15, 0.2) is 5.57 Å². The van der Waals surface area contributed by atoms with Crippen molar-refractivity contribution in [1.29, 1.82) is 15.8 Å². The van der Waals surface area contributed by atoms with E-state index in [2.05, 4.69) is 0 Å². The Morgan fingerprint density at radius 2 is 1.88 bits per heavy atom. The Bertz CT molecular complexity index is 1060. The molecule has 0 aliphatic carbocycles. The quantitative estimate of drug-likeness (QED) is 0.367. The number of nitro groups is 1. The Morgan fingerprint density at radius 3 is 2.46 bits per heavy atom. The number of nitro benzene ring substituents is 1. The number of phenolic OH excluding ortho intramolecular Hbond substituents is 1. The molecule has 0 aliphatic heterocycles. The fraction of sp³-hybridized carbons (Fsp3) is 0.